The predicted molar refractivity (Wildman–Crippen MR) is 63.2 cm³/mol. The largest absolute Gasteiger partial charge is 0.398 e. The molecular weight excluding hydrogens is 290 g/mol. The van der Waals surface area contributed by atoms with E-state index < -0.39 is 35.7 Å². The summed E-state index contributed by atoms with van der Waals surface area (Å²) in [7, 11) is -9.10. The number of nitrogen functional groups attached to an aromatic ring is 1. The molecule has 0 spiro atoms. The van der Waals surface area contributed by atoms with E-state index in [0.29, 0.717) is 0 Å². The third-order valence-electron chi connectivity index (χ3n) is 1.92. The van der Waals surface area contributed by atoms with Crippen molar-refractivity contribution in [2.45, 2.75) is 15.5 Å². The minimum Gasteiger partial charge on any atom is -0.398 e. The lowest BCUT2D eigenvalue weighted by Gasteiger charge is -2.09. The summed E-state index contributed by atoms with van der Waals surface area (Å²) < 4.78 is 61.5. The summed E-state index contributed by atoms with van der Waals surface area (Å²) in [6.45, 7) is 0. The van der Waals surface area contributed by atoms with Gasteiger partial charge < -0.3 is 5.73 Å². The average Bonchev–Trinajstić information content (AvgIpc) is 2.14. The summed E-state index contributed by atoms with van der Waals surface area (Å²) in [5.41, 5.74) is 4.72. The minimum absolute atomic E-state index is 0.0855. The molecular formula is C7H9NO6S3. The maximum atomic E-state index is 11.0. The van der Waals surface area contributed by atoms with Crippen molar-refractivity contribution in [3.05, 3.63) is 17.7 Å². The Morgan fingerprint density at radius 3 is 1.88 bits per heavy atom. The van der Waals surface area contributed by atoms with Crippen LogP contribution in [0.1, 0.15) is 5.56 Å². The van der Waals surface area contributed by atoms with Crippen molar-refractivity contribution >= 4 is 38.6 Å². The van der Waals surface area contributed by atoms with Gasteiger partial charge in [0, 0.05) is 5.75 Å². The fraction of sp³-hybridized carbons (Fsp3) is 0.143. The van der Waals surface area contributed by atoms with Gasteiger partial charge in [0.2, 0.25) is 0 Å². The van der Waals surface area contributed by atoms with Crippen molar-refractivity contribution < 1.29 is 25.9 Å². The van der Waals surface area contributed by atoms with Crippen LogP contribution in [0.25, 0.3) is 0 Å². The molecule has 7 nitrogen and oxygen atoms in total. The van der Waals surface area contributed by atoms with Crippen molar-refractivity contribution in [1.82, 2.24) is 0 Å². The Bertz CT molecular complexity index is 648. The number of hydrogen-bond acceptors (Lipinski definition) is 6. The van der Waals surface area contributed by atoms with Gasteiger partial charge in [-0.2, -0.15) is 29.5 Å². The Labute approximate surface area is 104 Å². The second-order valence-electron chi connectivity index (χ2n) is 3.11. The zero-order valence-electron chi connectivity index (χ0n) is 8.23. The van der Waals surface area contributed by atoms with Gasteiger partial charge in [-0.15, -0.1) is 0 Å². The Morgan fingerprint density at radius 2 is 1.53 bits per heavy atom. The number of benzene rings is 1. The van der Waals surface area contributed by atoms with Gasteiger partial charge in [-0.3, -0.25) is 9.11 Å². The second kappa shape index (κ2) is 4.46. The number of nitrogens with two attached hydrogens (primary N) is 1. The molecule has 4 N–H and O–H groups in total. The zero-order chi connectivity index (χ0) is 13.4. The van der Waals surface area contributed by atoms with Crippen LogP contribution < -0.4 is 5.73 Å². The van der Waals surface area contributed by atoms with Gasteiger partial charge in [0.05, 0.1) is 5.69 Å². The van der Waals surface area contributed by atoms with E-state index in [4.69, 9.17) is 14.8 Å². The molecule has 17 heavy (non-hydrogen) atoms. The highest BCUT2D eigenvalue weighted by atomic mass is 32.2. The summed E-state index contributed by atoms with van der Waals surface area (Å²) >= 11 is 3.80. The molecule has 1 aromatic carbocycles. The van der Waals surface area contributed by atoms with Crippen LogP contribution >= 0.6 is 12.6 Å². The summed E-state index contributed by atoms with van der Waals surface area (Å²) in [5, 5.41) is 0. The predicted octanol–water partition coefficient (Wildman–Crippen LogP) is 0.192. The maximum Gasteiger partial charge on any atom is 0.296 e. The first-order valence-electron chi connectivity index (χ1n) is 4.05. The molecule has 0 aliphatic carbocycles. The first-order valence-corrected chi connectivity index (χ1v) is 7.57. The SMILES string of the molecule is Nc1cc(S(=O)(=O)O)c(CS)cc1S(=O)(=O)O. The first-order chi connectivity index (χ1) is 7.57. The summed E-state index contributed by atoms with van der Waals surface area (Å²) in [5.74, 6) is -0.155. The molecule has 1 aromatic rings. The highest BCUT2D eigenvalue weighted by Crippen LogP contribution is 2.27. The molecule has 0 heterocycles. The maximum absolute atomic E-state index is 11.0. The van der Waals surface area contributed by atoms with E-state index in [1.807, 2.05) is 0 Å². The lowest BCUT2D eigenvalue weighted by atomic mass is 10.2. The van der Waals surface area contributed by atoms with Gasteiger partial charge in [0.15, 0.2) is 0 Å². The van der Waals surface area contributed by atoms with E-state index in [1.165, 1.54) is 0 Å². The van der Waals surface area contributed by atoms with E-state index in [1.54, 1.807) is 0 Å². The van der Waals surface area contributed by atoms with Crippen LogP contribution in [0.15, 0.2) is 21.9 Å². The van der Waals surface area contributed by atoms with Crippen LogP contribution in [0.2, 0.25) is 0 Å². The van der Waals surface area contributed by atoms with Gasteiger partial charge in [-0.05, 0) is 17.7 Å². The molecule has 0 radical (unpaired) electrons. The lowest BCUT2D eigenvalue weighted by Crippen LogP contribution is -2.09. The van der Waals surface area contributed by atoms with Crippen LogP contribution in [0.4, 0.5) is 5.69 Å². The smallest absolute Gasteiger partial charge is 0.296 e. The van der Waals surface area contributed by atoms with Gasteiger partial charge in [0.1, 0.15) is 9.79 Å². The Hall–Kier alpha value is -0.810. The van der Waals surface area contributed by atoms with Crippen LogP contribution in [0.5, 0.6) is 0 Å². The lowest BCUT2D eigenvalue weighted by molar-refractivity contribution is 0.478. The van der Waals surface area contributed by atoms with E-state index >= 15 is 0 Å². The molecule has 0 aliphatic rings. The molecule has 0 bridgehead atoms. The molecule has 0 fully saturated rings. The summed E-state index contributed by atoms with van der Waals surface area (Å²) in [6, 6.07) is 1.60. The molecule has 0 amide bonds. The number of hydrogen-bond donors (Lipinski definition) is 4. The van der Waals surface area contributed by atoms with Gasteiger partial charge in [-0.25, -0.2) is 0 Å². The zero-order valence-corrected chi connectivity index (χ0v) is 10.8. The molecule has 0 aromatic heterocycles. The molecule has 1 rings (SSSR count). The van der Waals surface area contributed by atoms with Crippen LogP contribution in [0, 0.1) is 0 Å². The van der Waals surface area contributed by atoms with Crippen molar-refractivity contribution in [1.29, 1.82) is 0 Å². The molecule has 0 unspecified atom stereocenters. The third-order valence-corrected chi connectivity index (χ3v) is 4.10. The Kier molecular flexibility index (Phi) is 3.74. The second-order valence-corrected chi connectivity index (χ2v) is 6.20. The van der Waals surface area contributed by atoms with Crippen molar-refractivity contribution in [2.75, 3.05) is 5.73 Å². The monoisotopic (exact) mass is 299 g/mol. The van der Waals surface area contributed by atoms with Gasteiger partial charge >= 0.3 is 0 Å². The van der Waals surface area contributed by atoms with Crippen molar-refractivity contribution in [3.8, 4) is 0 Å². The summed E-state index contributed by atoms with van der Waals surface area (Å²) in [6.07, 6.45) is 0. The highest BCUT2D eigenvalue weighted by molar-refractivity contribution is 7.86. The third kappa shape index (κ3) is 3.10. The molecule has 0 atom stereocenters. The van der Waals surface area contributed by atoms with E-state index in [2.05, 4.69) is 12.6 Å². The average molecular weight is 299 g/mol. The van der Waals surface area contributed by atoms with Crippen molar-refractivity contribution in [3.63, 3.8) is 0 Å². The normalized spacial score (nSPS) is 12.6. The van der Waals surface area contributed by atoms with Gasteiger partial charge in [-0.1, -0.05) is 0 Å². The Morgan fingerprint density at radius 1 is 1.06 bits per heavy atom. The molecule has 0 saturated carbocycles. The fourth-order valence-corrected chi connectivity index (χ4v) is 2.96. The van der Waals surface area contributed by atoms with Crippen LogP contribution in [-0.4, -0.2) is 25.9 Å². The van der Waals surface area contributed by atoms with Crippen LogP contribution in [0.3, 0.4) is 0 Å². The van der Waals surface area contributed by atoms with E-state index in [-0.39, 0.29) is 11.3 Å². The highest BCUT2D eigenvalue weighted by Gasteiger charge is 2.22. The molecule has 96 valence electrons. The molecule has 0 aliphatic heterocycles. The standard InChI is InChI=1S/C7H9NO6S3/c8-5-2-6(16(9,10)11)4(3-15)1-7(5)17(12,13)14/h1-2,15H,3,8H2,(H,9,10,11)(H,12,13,14). The quantitative estimate of drug-likeness (QED) is 0.355. The Balaban J connectivity index is 3.69. The summed E-state index contributed by atoms with van der Waals surface area (Å²) in [4.78, 5) is -1.17. The van der Waals surface area contributed by atoms with Gasteiger partial charge in [0.25, 0.3) is 20.2 Å². The first kappa shape index (κ1) is 14.3. The van der Waals surface area contributed by atoms with E-state index in [0.717, 1.165) is 12.1 Å². The van der Waals surface area contributed by atoms with Crippen molar-refractivity contribution in [2.24, 2.45) is 0 Å². The fourth-order valence-electron chi connectivity index (χ4n) is 1.20. The minimum atomic E-state index is -4.56. The molecule has 10 heteroatoms. The van der Waals surface area contributed by atoms with Crippen LogP contribution in [-0.2, 0) is 26.0 Å². The van der Waals surface area contributed by atoms with E-state index in [9.17, 15) is 16.8 Å². The number of anilines is 1. The number of rotatable bonds is 3. The molecule has 0 saturated heterocycles. The topological polar surface area (TPSA) is 135 Å². The number of thiol groups is 1.